The first-order valence-corrected chi connectivity index (χ1v) is 4.88. The van der Waals surface area contributed by atoms with Crippen molar-refractivity contribution in [2.24, 2.45) is 0 Å². The summed E-state index contributed by atoms with van der Waals surface area (Å²) >= 11 is 0. The second-order valence-corrected chi connectivity index (χ2v) is 4.04. The van der Waals surface area contributed by atoms with Crippen LogP contribution in [0.4, 0.5) is 8.78 Å². The number of fused-ring (bicyclic) bond motifs is 1. The van der Waals surface area contributed by atoms with Crippen molar-refractivity contribution in [1.29, 1.82) is 0 Å². The molecule has 1 unspecified atom stereocenters. The van der Waals surface area contributed by atoms with Crippen molar-refractivity contribution in [3.8, 4) is 0 Å². The van der Waals surface area contributed by atoms with E-state index in [0.29, 0.717) is 5.65 Å². The lowest BCUT2D eigenvalue weighted by atomic mass is 10.0. The van der Waals surface area contributed by atoms with Crippen LogP contribution in [0.15, 0.2) is 24.8 Å². The van der Waals surface area contributed by atoms with Crippen LogP contribution in [0.5, 0.6) is 0 Å². The Hall–Kier alpha value is -2.05. The molecule has 17 heavy (non-hydrogen) atoms. The largest absolute Gasteiger partial charge is 0.480 e. The summed E-state index contributed by atoms with van der Waals surface area (Å²) in [4.78, 5) is 18.8. The van der Waals surface area contributed by atoms with E-state index >= 15 is 0 Å². The first-order chi connectivity index (χ1) is 7.99. The summed E-state index contributed by atoms with van der Waals surface area (Å²) in [7, 11) is 0. The zero-order valence-corrected chi connectivity index (χ0v) is 8.47. The van der Waals surface area contributed by atoms with E-state index in [1.165, 1.54) is 29.2 Å². The van der Waals surface area contributed by atoms with Crippen LogP contribution in [-0.2, 0) is 10.2 Å². The van der Waals surface area contributed by atoms with Crippen molar-refractivity contribution in [2.45, 2.75) is 17.8 Å². The lowest BCUT2D eigenvalue weighted by Gasteiger charge is -2.10. The molecule has 1 aliphatic rings. The number of aliphatic carboxylic acids is 1. The molecule has 2 aromatic heterocycles. The highest BCUT2D eigenvalue weighted by atomic mass is 19.3. The first-order valence-electron chi connectivity index (χ1n) is 4.88. The zero-order chi connectivity index (χ0) is 12.3. The molecule has 1 N–H and O–H groups in total. The van der Waals surface area contributed by atoms with Gasteiger partial charge in [-0.2, -0.15) is 0 Å². The smallest absolute Gasteiger partial charge is 0.322 e. The first kappa shape index (κ1) is 10.1. The Balaban J connectivity index is 2.25. The standard InChI is InChI=1S/C10H7F2N3O2/c11-10(12)5-9(10,8(16)17)6-3-14-7-4-13-1-2-15(6)7/h1-4H,5H2,(H,16,17). The maximum absolute atomic E-state index is 13.4. The molecule has 0 radical (unpaired) electrons. The molecule has 2 heterocycles. The predicted molar refractivity (Wildman–Crippen MR) is 51.9 cm³/mol. The van der Waals surface area contributed by atoms with Crippen LogP contribution < -0.4 is 0 Å². The van der Waals surface area contributed by atoms with Gasteiger partial charge < -0.3 is 5.11 Å². The molecule has 0 amide bonds. The predicted octanol–water partition coefficient (Wildman–Crippen LogP) is 1.09. The van der Waals surface area contributed by atoms with Gasteiger partial charge in [-0.25, -0.2) is 13.8 Å². The average molecular weight is 239 g/mol. The maximum Gasteiger partial charge on any atom is 0.322 e. The van der Waals surface area contributed by atoms with Crippen LogP contribution in [0.1, 0.15) is 12.1 Å². The number of hydrogen-bond acceptors (Lipinski definition) is 3. The minimum atomic E-state index is -3.22. The van der Waals surface area contributed by atoms with E-state index in [9.17, 15) is 13.6 Å². The van der Waals surface area contributed by atoms with E-state index < -0.39 is 23.7 Å². The molecule has 3 rings (SSSR count). The van der Waals surface area contributed by atoms with Gasteiger partial charge in [0.05, 0.1) is 18.1 Å². The highest BCUT2D eigenvalue weighted by Gasteiger charge is 2.78. The number of rotatable bonds is 2. The molecule has 0 aliphatic heterocycles. The molecular formula is C10H7F2N3O2. The van der Waals surface area contributed by atoms with Crippen molar-refractivity contribution in [2.75, 3.05) is 0 Å². The summed E-state index contributed by atoms with van der Waals surface area (Å²) in [5.74, 6) is -4.75. The number of carboxylic acid groups (broad SMARTS) is 1. The number of halogens is 2. The summed E-state index contributed by atoms with van der Waals surface area (Å²) in [5.41, 5.74) is -1.80. The second-order valence-electron chi connectivity index (χ2n) is 4.04. The van der Waals surface area contributed by atoms with Gasteiger partial charge in [-0.05, 0) is 0 Å². The van der Waals surface area contributed by atoms with Crippen LogP contribution in [0, 0.1) is 0 Å². The number of carbonyl (C=O) groups is 1. The molecule has 0 bridgehead atoms. The van der Waals surface area contributed by atoms with Crippen LogP contribution in [0.25, 0.3) is 5.65 Å². The highest BCUT2D eigenvalue weighted by molar-refractivity contribution is 5.87. The van der Waals surface area contributed by atoms with E-state index in [1.807, 2.05) is 0 Å². The number of carboxylic acids is 1. The van der Waals surface area contributed by atoms with Crippen LogP contribution in [0.2, 0.25) is 0 Å². The van der Waals surface area contributed by atoms with E-state index in [4.69, 9.17) is 5.11 Å². The van der Waals surface area contributed by atoms with Crippen molar-refractivity contribution < 1.29 is 18.7 Å². The van der Waals surface area contributed by atoms with Gasteiger partial charge in [-0.1, -0.05) is 0 Å². The van der Waals surface area contributed by atoms with Crippen molar-refractivity contribution in [3.05, 3.63) is 30.5 Å². The third-order valence-electron chi connectivity index (χ3n) is 3.11. The van der Waals surface area contributed by atoms with Gasteiger partial charge >= 0.3 is 5.97 Å². The van der Waals surface area contributed by atoms with Crippen LogP contribution in [0.3, 0.4) is 0 Å². The van der Waals surface area contributed by atoms with E-state index in [1.54, 1.807) is 0 Å². The lowest BCUT2D eigenvalue weighted by molar-refractivity contribution is -0.143. The number of hydrogen-bond donors (Lipinski definition) is 1. The Morgan fingerprint density at radius 2 is 2.18 bits per heavy atom. The highest BCUT2D eigenvalue weighted by Crippen LogP contribution is 2.61. The van der Waals surface area contributed by atoms with Crippen molar-refractivity contribution >= 4 is 11.6 Å². The fraction of sp³-hybridized carbons (Fsp3) is 0.300. The van der Waals surface area contributed by atoms with Crippen molar-refractivity contribution in [1.82, 2.24) is 14.4 Å². The third kappa shape index (κ3) is 1.08. The van der Waals surface area contributed by atoms with Crippen molar-refractivity contribution in [3.63, 3.8) is 0 Å². The lowest BCUT2D eigenvalue weighted by Crippen LogP contribution is -2.28. The summed E-state index contributed by atoms with van der Waals surface area (Å²) in [6.45, 7) is 0. The van der Waals surface area contributed by atoms with Gasteiger partial charge in [0.15, 0.2) is 11.1 Å². The Morgan fingerprint density at radius 3 is 2.76 bits per heavy atom. The molecule has 7 heteroatoms. The molecule has 1 aliphatic carbocycles. The van der Waals surface area contributed by atoms with Gasteiger partial charge in [0, 0.05) is 18.8 Å². The van der Waals surface area contributed by atoms with E-state index in [-0.39, 0.29) is 5.69 Å². The zero-order valence-electron chi connectivity index (χ0n) is 8.47. The van der Waals surface area contributed by atoms with Crippen LogP contribution in [-0.4, -0.2) is 31.4 Å². The Bertz CT molecular complexity index is 625. The van der Waals surface area contributed by atoms with Gasteiger partial charge in [0.25, 0.3) is 5.92 Å². The summed E-state index contributed by atoms with van der Waals surface area (Å²) in [5, 5.41) is 9.03. The third-order valence-corrected chi connectivity index (χ3v) is 3.11. The normalized spacial score (nSPS) is 26.0. The molecule has 0 spiro atoms. The molecular weight excluding hydrogens is 232 g/mol. The minimum Gasteiger partial charge on any atom is -0.480 e. The van der Waals surface area contributed by atoms with Crippen LogP contribution >= 0.6 is 0 Å². The van der Waals surface area contributed by atoms with E-state index in [0.717, 1.165) is 0 Å². The molecule has 2 aromatic rings. The Morgan fingerprint density at radius 1 is 1.47 bits per heavy atom. The molecule has 0 aromatic carbocycles. The average Bonchev–Trinajstić information content (AvgIpc) is 2.70. The number of aromatic nitrogens is 3. The number of nitrogens with zero attached hydrogens (tertiary/aromatic N) is 3. The monoisotopic (exact) mass is 239 g/mol. The number of imidazole rings is 1. The quantitative estimate of drug-likeness (QED) is 0.851. The van der Waals surface area contributed by atoms with Gasteiger partial charge in [-0.15, -0.1) is 0 Å². The second kappa shape index (κ2) is 2.79. The molecule has 1 fully saturated rings. The van der Waals surface area contributed by atoms with Gasteiger partial charge in [0.1, 0.15) is 0 Å². The minimum absolute atomic E-state index is 0.00704. The topological polar surface area (TPSA) is 67.5 Å². The van der Waals surface area contributed by atoms with E-state index in [2.05, 4.69) is 9.97 Å². The molecule has 88 valence electrons. The summed E-state index contributed by atoms with van der Waals surface area (Å²) in [6.07, 6.45) is 4.70. The fourth-order valence-corrected chi connectivity index (χ4v) is 2.07. The molecule has 0 saturated heterocycles. The summed E-state index contributed by atoms with van der Waals surface area (Å²) in [6, 6.07) is 0. The Kier molecular flexibility index (Phi) is 1.66. The molecule has 1 saturated carbocycles. The number of alkyl halides is 2. The Labute approximate surface area is 93.7 Å². The molecule has 1 atom stereocenters. The van der Waals surface area contributed by atoms with Gasteiger partial charge in [-0.3, -0.25) is 14.2 Å². The SMILES string of the molecule is O=C(O)C1(c2cnc3cnccn23)CC1(F)F. The summed E-state index contributed by atoms with van der Waals surface area (Å²) < 4.78 is 28.0. The van der Waals surface area contributed by atoms with Gasteiger partial charge in [0.2, 0.25) is 0 Å². The fourth-order valence-electron chi connectivity index (χ4n) is 2.07. The molecule has 5 nitrogen and oxygen atoms in total. The maximum atomic E-state index is 13.4.